The molecule has 0 radical (unpaired) electrons. The first-order chi connectivity index (χ1) is 13.2. The molecule has 0 spiro atoms. The summed E-state index contributed by atoms with van der Waals surface area (Å²) >= 11 is 0. The highest BCUT2D eigenvalue weighted by atomic mass is 16.6. The zero-order chi connectivity index (χ0) is 19.7. The average Bonchev–Trinajstić information content (AvgIpc) is 2.68. The molecular formula is C22H42O5. The van der Waals surface area contributed by atoms with E-state index in [4.69, 9.17) is 9.47 Å². The molecular weight excluding hydrogens is 344 g/mol. The molecule has 3 N–H and O–H groups in total. The highest BCUT2D eigenvalue weighted by Gasteiger charge is 2.39. The van der Waals surface area contributed by atoms with Crippen LogP contribution in [-0.4, -0.2) is 59.6 Å². The Morgan fingerprint density at radius 1 is 0.889 bits per heavy atom. The fourth-order valence-electron chi connectivity index (χ4n) is 3.43. The molecule has 0 aromatic carbocycles. The van der Waals surface area contributed by atoms with E-state index >= 15 is 0 Å². The summed E-state index contributed by atoms with van der Waals surface area (Å²) in [6.07, 6.45) is 16.3. The first-order valence-corrected chi connectivity index (χ1v) is 11.1. The first-order valence-electron chi connectivity index (χ1n) is 11.1. The number of aliphatic hydroxyl groups is 3. The second kappa shape index (κ2) is 16.5. The van der Waals surface area contributed by atoms with Gasteiger partial charge >= 0.3 is 0 Å². The fourth-order valence-corrected chi connectivity index (χ4v) is 3.43. The molecule has 5 nitrogen and oxygen atoms in total. The number of unbranched alkanes of at least 4 members (excludes halogenated alkanes) is 10. The van der Waals surface area contributed by atoms with Crippen LogP contribution in [0.4, 0.5) is 0 Å². The molecule has 160 valence electrons. The van der Waals surface area contributed by atoms with Crippen LogP contribution in [0.25, 0.3) is 0 Å². The van der Waals surface area contributed by atoms with Gasteiger partial charge in [0.15, 0.2) is 0 Å². The molecule has 1 heterocycles. The summed E-state index contributed by atoms with van der Waals surface area (Å²) in [5.41, 5.74) is 0. The third-order valence-corrected chi connectivity index (χ3v) is 5.22. The number of ether oxygens (including phenoxy) is 2. The Morgan fingerprint density at radius 2 is 1.48 bits per heavy atom. The molecule has 1 aliphatic heterocycles. The van der Waals surface area contributed by atoms with Gasteiger partial charge in [0.1, 0.15) is 24.4 Å². The summed E-state index contributed by atoms with van der Waals surface area (Å²) in [5, 5.41) is 28.9. The SMILES string of the molecule is CCCCCCCC/C=C/CCCCCCO[C@@H]1[C@@H](O)[C@H](O)CO[C@H]1CO. The number of hydrogen-bond donors (Lipinski definition) is 3. The second-order valence-electron chi connectivity index (χ2n) is 7.68. The van der Waals surface area contributed by atoms with E-state index in [0.717, 1.165) is 19.3 Å². The van der Waals surface area contributed by atoms with Gasteiger partial charge in [-0.25, -0.2) is 0 Å². The molecule has 1 saturated heterocycles. The Morgan fingerprint density at radius 3 is 2.11 bits per heavy atom. The monoisotopic (exact) mass is 386 g/mol. The Hall–Kier alpha value is -0.460. The summed E-state index contributed by atoms with van der Waals surface area (Å²) in [4.78, 5) is 0. The van der Waals surface area contributed by atoms with Crippen molar-refractivity contribution in [3.8, 4) is 0 Å². The van der Waals surface area contributed by atoms with Gasteiger partial charge in [0.2, 0.25) is 0 Å². The van der Waals surface area contributed by atoms with E-state index < -0.39 is 24.4 Å². The van der Waals surface area contributed by atoms with E-state index in [1.54, 1.807) is 0 Å². The van der Waals surface area contributed by atoms with Gasteiger partial charge < -0.3 is 24.8 Å². The molecule has 0 aromatic rings. The Balaban J connectivity index is 1.93. The minimum absolute atomic E-state index is 0.0403. The van der Waals surface area contributed by atoms with Crippen molar-refractivity contribution >= 4 is 0 Å². The second-order valence-corrected chi connectivity index (χ2v) is 7.68. The van der Waals surface area contributed by atoms with Gasteiger partial charge in [-0.1, -0.05) is 64.0 Å². The number of aliphatic hydroxyl groups excluding tert-OH is 3. The molecule has 0 saturated carbocycles. The van der Waals surface area contributed by atoms with Crippen LogP contribution in [0.3, 0.4) is 0 Å². The van der Waals surface area contributed by atoms with Gasteiger partial charge in [-0.15, -0.1) is 0 Å². The topological polar surface area (TPSA) is 79.2 Å². The third kappa shape index (κ3) is 11.2. The molecule has 1 fully saturated rings. The van der Waals surface area contributed by atoms with Crippen LogP contribution in [0.1, 0.15) is 84.0 Å². The Labute approximate surface area is 165 Å². The lowest BCUT2D eigenvalue weighted by Crippen LogP contribution is -2.55. The Kier molecular flexibility index (Phi) is 15.0. The number of rotatable bonds is 16. The minimum Gasteiger partial charge on any atom is -0.394 e. The smallest absolute Gasteiger partial charge is 0.114 e. The normalized spacial score (nSPS) is 26.1. The van der Waals surface area contributed by atoms with Gasteiger partial charge in [-0.05, 0) is 32.1 Å². The summed E-state index contributed by atoms with van der Waals surface area (Å²) in [6.45, 7) is 2.60. The van der Waals surface area contributed by atoms with Gasteiger partial charge in [0.05, 0.1) is 13.2 Å². The zero-order valence-electron chi connectivity index (χ0n) is 17.2. The molecule has 27 heavy (non-hydrogen) atoms. The highest BCUT2D eigenvalue weighted by molar-refractivity contribution is 4.87. The van der Waals surface area contributed by atoms with E-state index in [1.807, 2.05) is 0 Å². The fraction of sp³-hybridized carbons (Fsp3) is 0.909. The number of hydrogen-bond acceptors (Lipinski definition) is 5. The van der Waals surface area contributed by atoms with Crippen molar-refractivity contribution in [1.82, 2.24) is 0 Å². The molecule has 0 aliphatic carbocycles. The molecule has 4 atom stereocenters. The predicted molar refractivity (Wildman–Crippen MR) is 109 cm³/mol. The summed E-state index contributed by atoms with van der Waals surface area (Å²) in [5.74, 6) is 0. The molecule has 0 unspecified atom stereocenters. The van der Waals surface area contributed by atoms with E-state index in [9.17, 15) is 15.3 Å². The van der Waals surface area contributed by atoms with Crippen LogP contribution in [-0.2, 0) is 9.47 Å². The maximum Gasteiger partial charge on any atom is 0.114 e. The van der Waals surface area contributed by atoms with Crippen molar-refractivity contribution < 1.29 is 24.8 Å². The van der Waals surface area contributed by atoms with Crippen LogP contribution in [0.2, 0.25) is 0 Å². The quantitative estimate of drug-likeness (QED) is 0.278. The maximum atomic E-state index is 9.98. The molecule has 0 aromatic heterocycles. The first kappa shape index (κ1) is 24.6. The van der Waals surface area contributed by atoms with Crippen molar-refractivity contribution in [2.75, 3.05) is 19.8 Å². The molecule has 1 aliphatic rings. The molecule has 0 bridgehead atoms. The van der Waals surface area contributed by atoms with Gasteiger partial charge in [0.25, 0.3) is 0 Å². The van der Waals surface area contributed by atoms with Gasteiger partial charge in [0, 0.05) is 6.61 Å². The van der Waals surface area contributed by atoms with Crippen LogP contribution in [0.15, 0.2) is 12.2 Å². The largest absolute Gasteiger partial charge is 0.394 e. The van der Waals surface area contributed by atoms with Crippen LogP contribution < -0.4 is 0 Å². The lowest BCUT2D eigenvalue weighted by Gasteiger charge is -2.37. The minimum atomic E-state index is -0.993. The summed E-state index contributed by atoms with van der Waals surface area (Å²) < 4.78 is 11.0. The van der Waals surface area contributed by atoms with Crippen LogP contribution >= 0.6 is 0 Å². The predicted octanol–water partition coefficient (Wildman–Crippen LogP) is 3.74. The van der Waals surface area contributed by atoms with Crippen molar-refractivity contribution in [2.45, 2.75) is 108 Å². The Bertz CT molecular complexity index is 359. The van der Waals surface area contributed by atoms with E-state index in [0.29, 0.717) is 6.61 Å². The lowest BCUT2D eigenvalue weighted by molar-refractivity contribution is -0.211. The van der Waals surface area contributed by atoms with Crippen LogP contribution in [0, 0.1) is 0 Å². The lowest BCUT2D eigenvalue weighted by atomic mass is 10.0. The summed E-state index contributed by atoms with van der Waals surface area (Å²) in [7, 11) is 0. The van der Waals surface area contributed by atoms with E-state index in [2.05, 4.69) is 19.1 Å². The van der Waals surface area contributed by atoms with Crippen LogP contribution in [0.5, 0.6) is 0 Å². The van der Waals surface area contributed by atoms with E-state index in [-0.39, 0.29) is 13.2 Å². The van der Waals surface area contributed by atoms with Crippen molar-refractivity contribution in [1.29, 1.82) is 0 Å². The molecule has 5 heteroatoms. The number of allylic oxidation sites excluding steroid dienone is 2. The molecule has 1 rings (SSSR count). The maximum absolute atomic E-state index is 9.98. The summed E-state index contributed by atoms with van der Waals surface area (Å²) in [6, 6.07) is 0. The van der Waals surface area contributed by atoms with Crippen molar-refractivity contribution in [2.24, 2.45) is 0 Å². The average molecular weight is 387 g/mol. The zero-order valence-corrected chi connectivity index (χ0v) is 17.2. The van der Waals surface area contributed by atoms with Gasteiger partial charge in [-0.3, -0.25) is 0 Å². The van der Waals surface area contributed by atoms with Crippen molar-refractivity contribution in [3.63, 3.8) is 0 Å². The van der Waals surface area contributed by atoms with E-state index in [1.165, 1.54) is 57.8 Å². The standard InChI is InChI=1S/C22H42O5/c1-2-3-4-5-6-7-8-9-10-11-12-13-14-15-16-26-22-20(17-23)27-18-19(24)21(22)25/h9-10,19-25H,2-8,11-18H2,1H3/b10-9+/t19-,20+,21+,22+/m1/s1. The van der Waals surface area contributed by atoms with Gasteiger partial charge in [-0.2, -0.15) is 0 Å². The third-order valence-electron chi connectivity index (χ3n) is 5.22. The highest BCUT2D eigenvalue weighted by Crippen LogP contribution is 2.19. The molecule has 0 amide bonds. The van der Waals surface area contributed by atoms with Crippen molar-refractivity contribution in [3.05, 3.63) is 12.2 Å².